The molecule has 0 bridgehead atoms. The molecule has 0 heterocycles. The Balaban J connectivity index is 2.07. The third-order valence-corrected chi connectivity index (χ3v) is 7.45. The molecule has 1 N–H and O–H groups in total. The van der Waals surface area contributed by atoms with Crippen LogP contribution in [0.1, 0.15) is 18.1 Å². The molecule has 0 aliphatic rings. The Morgan fingerprint density at radius 3 is 2.24 bits per heavy atom. The molecule has 0 unspecified atom stereocenters. The zero-order valence-corrected chi connectivity index (χ0v) is 23.2. The van der Waals surface area contributed by atoms with Crippen LogP contribution in [0.5, 0.6) is 5.75 Å². The van der Waals surface area contributed by atoms with Crippen molar-refractivity contribution in [2.75, 3.05) is 30.8 Å². The number of carbonyl (C=O) groups excluding carboxylic acids is 2. The van der Waals surface area contributed by atoms with E-state index in [1.54, 1.807) is 55.5 Å². The van der Waals surface area contributed by atoms with E-state index in [1.165, 1.54) is 12.0 Å². The maximum atomic E-state index is 14.0. The van der Waals surface area contributed by atoms with Crippen LogP contribution < -0.4 is 14.4 Å². The minimum Gasteiger partial charge on any atom is -0.495 e. The van der Waals surface area contributed by atoms with Crippen LogP contribution in [-0.2, 0) is 32.6 Å². The number of ether oxygens (including phenoxy) is 1. The Labute approximate surface area is 229 Å². The van der Waals surface area contributed by atoms with Gasteiger partial charge in [0.1, 0.15) is 18.3 Å². The van der Waals surface area contributed by atoms with E-state index >= 15 is 0 Å². The molecule has 1 atom stereocenters. The van der Waals surface area contributed by atoms with Crippen molar-refractivity contribution in [1.29, 1.82) is 0 Å². The molecule has 0 aromatic heterocycles. The Morgan fingerprint density at radius 2 is 1.61 bits per heavy atom. The molecule has 3 aromatic carbocycles. The average Bonchev–Trinajstić information content (AvgIpc) is 2.90. The van der Waals surface area contributed by atoms with Gasteiger partial charge in [0.25, 0.3) is 0 Å². The maximum absolute atomic E-state index is 14.0. The van der Waals surface area contributed by atoms with Crippen molar-refractivity contribution in [3.63, 3.8) is 0 Å². The summed E-state index contributed by atoms with van der Waals surface area (Å²) < 4.78 is 32.1. The number of carbonyl (C=O) groups is 2. The number of nitrogens with zero attached hydrogens (tertiary/aromatic N) is 2. The van der Waals surface area contributed by atoms with Crippen molar-refractivity contribution >= 4 is 39.1 Å². The van der Waals surface area contributed by atoms with Crippen molar-refractivity contribution in [2.45, 2.75) is 25.9 Å². The molecule has 8 nitrogen and oxygen atoms in total. The molecule has 10 heteroatoms. The first-order chi connectivity index (χ1) is 18.2. The number of sulfonamides is 1. The summed E-state index contributed by atoms with van der Waals surface area (Å²) in [6.07, 6.45) is 1.26. The minimum absolute atomic E-state index is 0.0106. The van der Waals surface area contributed by atoms with Crippen molar-refractivity contribution in [3.05, 3.63) is 95.0 Å². The van der Waals surface area contributed by atoms with Crippen LogP contribution in [0.25, 0.3) is 0 Å². The molecule has 0 saturated carbocycles. The summed E-state index contributed by atoms with van der Waals surface area (Å²) in [6, 6.07) is 22.0. The quantitative estimate of drug-likeness (QED) is 0.364. The maximum Gasteiger partial charge on any atom is 0.244 e. The zero-order chi connectivity index (χ0) is 27.7. The number of halogens is 1. The van der Waals surface area contributed by atoms with E-state index < -0.39 is 28.5 Å². The first-order valence-electron chi connectivity index (χ1n) is 12.1. The third-order valence-electron chi connectivity index (χ3n) is 5.95. The minimum atomic E-state index is -3.90. The molecule has 3 rings (SSSR count). The van der Waals surface area contributed by atoms with Crippen LogP contribution in [0.3, 0.4) is 0 Å². The van der Waals surface area contributed by atoms with Gasteiger partial charge in [-0.15, -0.1) is 0 Å². The van der Waals surface area contributed by atoms with Gasteiger partial charge >= 0.3 is 0 Å². The van der Waals surface area contributed by atoms with Gasteiger partial charge in [-0.1, -0.05) is 72.3 Å². The van der Waals surface area contributed by atoms with Crippen LogP contribution in [-0.4, -0.2) is 57.6 Å². The topological polar surface area (TPSA) is 96.0 Å². The van der Waals surface area contributed by atoms with Gasteiger partial charge in [0.05, 0.1) is 19.1 Å². The normalized spacial score (nSPS) is 11.9. The summed E-state index contributed by atoms with van der Waals surface area (Å²) in [5, 5.41) is 3.25. The van der Waals surface area contributed by atoms with Crippen molar-refractivity contribution in [2.24, 2.45) is 0 Å². The van der Waals surface area contributed by atoms with Gasteiger partial charge in [-0.2, -0.15) is 0 Å². The van der Waals surface area contributed by atoms with Crippen molar-refractivity contribution in [1.82, 2.24) is 10.2 Å². The lowest BCUT2D eigenvalue weighted by Crippen LogP contribution is -2.53. The standard InChI is InChI=1S/C28H32ClN3O5S/c1-4-30-28(34)25(18-21-12-6-5-7-13-21)31(19-22-14-8-9-15-23(22)29)27(33)20-32(38(3,35)36)24-16-10-11-17-26(24)37-2/h5-17,25H,4,18-20H2,1-3H3,(H,30,34)/t25-/m1/s1. The fourth-order valence-electron chi connectivity index (χ4n) is 4.09. The monoisotopic (exact) mass is 557 g/mol. The van der Waals surface area contributed by atoms with Gasteiger partial charge < -0.3 is 15.0 Å². The molecular weight excluding hydrogens is 526 g/mol. The highest BCUT2D eigenvalue weighted by Crippen LogP contribution is 2.30. The summed E-state index contributed by atoms with van der Waals surface area (Å²) in [4.78, 5) is 28.7. The number of rotatable bonds is 12. The lowest BCUT2D eigenvalue weighted by Gasteiger charge is -2.33. The first kappa shape index (κ1) is 29.0. The predicted octanol–water partition coefficient (Wildman–Crippen LogP) is 3.89. The van der Waals surface area contributed by atoms with Crippen molar-refractivity contribution in [3.8, 4) is 5.75 Å². The number of hydrogen-bond donors (Lipinski definition) is 1. The Kier molecular flexibility index (Phi) is 10.2. The summed E-state index contributed by atoms with van der Waals surface area (Å²) in [5.74, 6) is -0.610. The number of hydrogen-bond acceptors (Lipinski definition) is 5. The van der Waals surface area contributed by atoms with E-state index in [9.17, 15) is 18.0 Å². The fourth-order valence-corrected chi connectivity index (χ4v) is 5.14. The molecule has 202 valence electrons. The molecular formula is C28H32ClN3O5S. The molecule has 0 saturated heterocycles. The number of benzene rings is 3. The van der Waals surface area contributed by atoms with E-state index in [1.807, 2.05) is 30.3 Å². The largest absolute Gasteiger partial charge is 0.495 e. The highest BCUT2D eigenvalue weighted by molar-refractivity contribution is 7.92. The lowest BCUT2D eigenvalue weighted by molar-refractivity contribution is -0.140. The number of likely N-dealkylation sites (N-methyl/N-ethyl adjacent to an activating group) is 1. The number of amides is 2. The highest BCUT2D eigenvalue weighted by atomic mass is 35.5. The summed E-state index contributed by atoms with van der Waals surface area (Å²) in [7, 11) is -2.47. The molecule has 0 aliphatic carbocycles. The first-order valence-corrected chi connectivity index (χ1v) is 14.3. The van der Waals surface area contributed by atoms with Gasteiger partial charge in [0.2, 0.25) is 21.8 Å². The van der Waals surface area contributed by atoms with E-state index in [-0.39, 0.29) is 24.6 Å². The average molecular weight is 558 g/mol. The number of nitrogens with one attached hydrogen (secondary N) is 1. The second-order valence-electron chi connectivity index (χ2n) is 8.65. The van der Waals surface area contributed by atoms with E-state index in [0.29, 0.717) is 22.9 Å². The van der Waals surface area contributed by atoms with Gasteiger partial charge in [0, 0.05) is 24.5 Å². The third kappa shape index (κ3) is 7.49. The van der Waals surface area contributed by atoms with E-state index in [2.05, 4.69) is 5.32 Å². The van der Waals surface area contributed by atoms with Crippen LogP contribution >= 0.6 is 11.6 Å². The summed E-state index contributed by atoms with van der Waals surface area (Å²) in [6.45, 7) is 1.64. The van der Waals surface area contributed by atoms with Gasteiger partial charge in [-0.25, -0.2) is 8.42 Å². The smallest absolute Gasteiger partial charge is 0.244 e. The summed E-state index contributed by atoms with van der Waals surface area (Å²) >= 11 is 6.43. The molecule has 0 fully saturated rings. The second kappa shape index (κ2) is 13.3. The Morgan fingerprint density at radius 1 is 0.974 bits per heavy atom. The lowest BCUT2D eigenvalue weighted by atomic mass is 10.0. The second-order valence-corrected chi connectivity index (χ2v) is 11.0. The number of methoxy groups -OCH3 is 1. The Hall–Kier alpha value is -3.56. The van der Waals surface area contributed by atoms with Gasteiger partial charge in [0.15, 0.2) is 0 Å². The fraction of sp³-hybridized carbons (Fsp3) is 0.286. The molecule has 0 aliphatic heterocycles. The zero-order valence-electron chi connectivity index (χ0n) is 21.6. The SMILES string of the molecule is CCNC(=O)[C@@H](Cc1ccccc1)N(Cc1ccccc1Cl)C(=O)CN(c1ccccc1OC)S(C)(=O)=O. The highest BCUT2D eigenvalue weighted by Gasteiger charge is 2.33. The van der Waals surface area contributed by atoms with Crippen LogP contribution in [0.4, 0.5) is 5.69 Å². The van der Waals surface area contributed by atoms with Crippen LogP contribution in [0.2, 0.25) is 5.02 Å². The summed E-state index contributed by atoms with van der Waals surface area (Å²) in [5.41, 5.74) is 1.71. The molecule has 0 radical (unpaired) electrons. The van der Waals surface area contributed by atoms with E-state index in [4.69, 9.17) is 16.3 Å². The molecule has 0 spiro atoms. The van der Waals surface area contributed by atoms with Gasteiger partial charge in [-0.05, 0) is 36.2 Å². The molecule has 38 heavy (non-hydrogen) atoms. The Bertz CT molecular complexity index is 1350. The van der Waals surface area contributed by atoms with Crippen LogP contribution in [0.15, 0.2) is 78.9 Å². The predicted molar refractivity (Wildman–Crippen MR) is 150 cm³/mol. The molecule has 2 amide bonds. The van der Waals surface area contributed by atoms with Gasteiger partial charge in [-0.3, -0.25) is 13.9 Å². The molecule has 3 aromatic rings. The number of para-hydroxylation sites is 2. The van der Waals surface area contributed by atoms with Crippen molar-refractivity contribution < 1.29 is 22.7 Å². The van der Waals surface area contributed by atoms with E-state index in [0.717, 1.165) is 16.1 Å². The van der Waals surface area contributed by atoms with Crippen LogP contribution in [0, 0.1) is 0 Å². The number of anilines is 1.